The number of pyridine rings is 1. The van der Waals surface area contributed by atoms with E-state index < -0.39 is 5.82 Å². The SMILES string of the molecule is COc1ccccc1-c1cc(-c2ccccc2F)nc(N)c1C#N. The molecule has 0 bridgehead atoms. The molecule has 1 aromatic heterocycles. The number of anilines is 1. The number of para-hydroxylation sites is 1. The number of rotatable bonds is 3. The summed E-state index contributed by atoms with van der Waals surface area (Å²) in [5, 5.41) is 9.46. The molecule has 118 valence electrons. The fourth-order valence-electron chi connectivity index (χ4n) is 2.57. The van der Waals surface area contributed by atoms with E-state index in [-0.39, 0.29) is 11.4 Å². The average Bonchev–Trinajstić information content (AvgIpc) is 2.61. The lowest BCUT2D eigenvalue weighted by molar-refractivity contribution is 0.416. The van der Waals surface area contributed by atoms with Gasteiger partial charge in [-0.05, 0) is 24.3 Å². The van der Waals surface area contributed by atoms with Gasteiger partial charge in [-0.3, -0.25) is 0 Å². The van der Waals surface area contributed by atoms with E-state index in [4.69, 9.17) is 10.5 Å². The third-order valence-corrected chi connectivity index (χ3v) is 3.71. The van der Waals surface area contributed by atoms with E-state index in [1.807, 2.05) is 18.2 Å². The van der Waals surface area contributed by atoms with Crippen molar-refractivity contribution < 1.29 is 9.13 Å². The van der Waals surface area contributed by atoms with Crippen LogP contribution in [0.15, 0.2) is 54.6 Å². The third-order valence-electron chi connectivity index (χ3n) is 3.71. The zero-order chi connectivity index (χ0) is 17.1. The van der Waals surface area contributed by atoms with E-state index in [0.29, 0.717) is 28.1 Å². The van der Waals surface area contributed by atoms with Crippen LogP contribution in [0.4, 0.5) is 10.2 Å². The van der Waals surface area contributed by atoms with Gasteiger partial charge in [0, 0.05) is 16.7 Å². The normalized spacial score (nSPS) is 10.2. The van der Waals surface area contributed by atoms with Crippen molar-refractivity contribution in [3.63, 3.8) is 0 Å². The number of nitrogens with two attached hydrogens (primary N) is 1. The first kappa shape index (κ1) is 15.5. The van der Waals surface area contributed by atoms with Crippen molar-refractivity contribution in [3.8, 4) is 34.2 Å². The molecule has 0 atom stereocenters. The summed E-state index contributed by atoms with van der Waals surface area (Å²) < 4.78 is 19.5. The third kappa shape index (κ3) is 2.66. The number of hydrogen-bond acceptors (Lipinski definition) is 4. The predicted octanol–water partition coefficient (Wildman–Crippen LogP) is 4.02. The first-order valence-electron chi connectivity index (χ1n) is 7.24. The Morgan fingerprint density at radius 2 is 1.71 bits per heavy atom. The topological polar surface area (TPSA) is 71.9 Å². The monoisotopic (exact) mass is 319 g/mol. The number of aromatic nitrogens is 1. The second-order valence-corrected chi connectivity index (χ2v) is 5.11. The molecule has 2 N–H and O–H groups in total. The summed E-state index contributed by atoms with van der Waals surface area (Å²) in [6.45, 7) is 0. The van der Waals surface area contributed by atoms with E-state index in [0.717, 1.165) is 0 Å². The van der Waals surface area contributed by atoms with Gasteiger partial charge in [-0.1, -0.05) is 30.3 Å². The van der Waals surface area contributed by atoms with Crippen molar-refractivity contribution in [3.05, 3.63) is 66.0 Å². The molecule has 0 aliphatic heterocycles. The number of methoxy groups -OCH3 is 1. The molecule has 0 aliphatic carbocycles. The highest BCUT2D eigenvalue weighted by molar-refractivity contribution is 5.83. The maximum absolute atomic E-state index is 14.1. The summed E-state index contributed by atoms with van der Waals surface area (Å²) in [4.78, 5) is 4.19. The summed E-state index contributed by atoms with van der Waals surface area (Å²) in [7, 11) is 1.55. The number of nitrogen functional groups attached to an aromatic ring is 1. The van der Waals surface area contributed by atoms with E-state index in [9.17, 15) is 9.65 Å². The van der Waals surface area contributed by atoms with Gasteiger partial charge in [-0.15, -0.1) is 0 Å². The Balaban J connectivity index is 2.30. The van der Waals surface area contributed by atoms with Crippen LogP contribution in [-0.4, -0.2) is 12.1 Å². The van der Waals surface area contributed by atoms with Crippen LogP contribution >= 0.6 is 0 Å². The van der Waals surface area contributed by atoms with Crippen LogP contribution in [0.25, 0.3) is 22.4 Å². The van der Waals surface area contributed by atoms with Crippen LogP contribution < -0.4 is 10.5 Å². The molecule has 0 radical (unpaired) electrons. The standard InChI is InChI=1S/C19H14FN3O/c1-24-18-9-5-3-6-12(18)14-10-17(23-19(22)15(14)11-21)13-7-2-4-8-16(13)20/h2-10H,1H3,(H2,22,23). The van der Waals surface area contributed by atoms with Gasteiger partial charge < -0.3 is 10.5 Å². The second kappa shape index (κ2) is 6.39. The molecule has 24 heavy (non-hydrogen) atoms. The van der Waals surface area contributed by atoms with Gasteiger partial charge in [-0.2, -0.15) is 5.26 Å². The maximum Gasteiger partial charge on any atom is 0.142 e. The Labute approximate surface area is 139 Å². The number of ether oxygens (including phenoxy) is 1. The van der Waals surface area contributed by atoms with Gasteiger partial charge in [0.15, 0.2) is 0 Å². The van der Waals surface area contributed by atoms with Crippen molar-refractivity contribution in [2.45, 2.75) is 0 Å². The van der Waals surface area contributed by atoms with Crippen molar-refractivity contribution >= 4 is 5.82 Å². The molecule has 0 amide bonds. The number of hydrogen-bond donors (Lipinski definition) is 1. The molecular formula is C19H14FN3O. The minimum absolute atomic E-state index is 0.0548. The molecule has 0 saturated heterocycles. The van der Waals surface area contributed by atoms with Gasteiger partial charge in [0.25, 0.3) is 0 Å². The Morgan fingerprint density at radius 3 is 2.38 bits per heavy atom. The lowest BCUT2D eigenvalue weighted by Crippen LogP contribution is -2.01. The molecule has 0 spiro atoms. The van der Waals surface area contributed by atoms with Crippen LogP contribution in [-0.2, 0) is 0 Å². The Morgan fingerprint density at radius 1 is 1.04 bits per heavy atom. The first-order chi connectivity index (χ1) is 11.7. The minimum atomic E-state index is -0.403. The van der Waals surface area contributed by atoms with E-state index >= 15 is 0 Å². The fraction of sp³-hybridized carbons (Fsp3) is 0.0526. The Bertz CT molecular complexity index is 948. The number of nitrogens with zero attached hydrogens (tertiary/aromatic N) is 2. The van der Waals surface area contributed by atoms with Crippen LogP contribution in [0.3, 0.4) is 0 Å². The van der Waals surface area contributed by atoms with Gasteiger partial charge in [0.2, 0.25) is 0 Å². The quantitative estimate of drug-likeness (QED) is 0.791. The summed E-state index contributed by atoms with van der Waals surface area (Å²) >= 11 is 0. The van der Waals surface area contributed by atoms with Crippen LogP contribution in [0.5, 0.6) is 5.75 Å². The Kier molecular flexibility index (Phi) is 4.13. The lowest BCUT2D eigenvalue weighted by atomic mass is 9.97. The van der Waals surface area contributed by atoms with Crippen LogP contribution in [0, 0.1) is 17.1 Å². The van der Waals surface area contributed by atoms with Gasteiger partial charge >= 0.3 is 0 Å². The van der Waals surface area contributed by atoms with E-state index in [1.54, 1.807) is 37.4 Å². The highest BCUT2D eigenvalue weighted by Crippen LogP contribution is 2.36. The largest absolute Gasteiger partial charge is 0.496 e. The van der Waals surface area contributed by atoms with Crippen molar-refractivity contribution in [2.75, 3.05) is 12.8 Å². The van der Waals surface area contributed by atoms with Gasteiger partial charge in [0.05, 0.1) is 12.8 Å². The molecule has 0 aliphatic rings. The van der Waals surface area contributed by atoms with Gasteiger partial charge in [0.1, 0.15) is 29.0 Å². The van der Waals surface area contributed by atoms with E-state index in [1.165, 1.54) is 6.07 Å². The summed E-state index contributed by atoms with van der Waals surface area (Å²) in [5.74, 6) is 0.248. The number of nitriles is 1. The first-order valence-corrected chi connectivity index (χ1v) is 7.24. The lowest BCUT2D eigenvalue weighted by Gasteiger charge is -2.13. The predicted molar refractivity (Wildman–Crippen MR) is 90.7 cm³/mol. The Hall–Kier alpha value is -3.39. The molecule has 5 heteroatoms. The molecule has 0 saturated carbocycles. The van der Waals surface area contributed by atoms with Crippen LogP contribution in [0.1, 0.15) is 5.56 Å². The minimum Gasteiger partial charge on any atom is -0.496 e. The van der Waals surface area contributed by atoms with Crippen LogP contribution in [0.2, 0.25) is 0 Å². The zero-order valence-electron chi connectivity index (χ0n) is 13.0. The molecule has 0 unspecified atom stereocenters. The van der Waals surface area contributed by atoms with Crippen molar-refractivity contribution in [1.82, 2.24) is 4.98 Å². The van der Waals surface area contributed by atoms with Gasteiger partial charge in [-0.25, -0.2) is 9.37 Å². The van der Waals surface area contributed by atoms with Crippen molar-refractivity contribution in [1.29, 1.82) is 5.26 Å². The molecule has 1 heterocycles. The fourth-order valence-corrected chi connectivity index (χ4v) is 2.57. The molecule has 4 nitrogen and oxygen atoms in total. The summed E-state index contributed by atoms with van der Waals surface area (Å²) in [5.41, 5.74) is 8.13. The molecule has 0 fully saturated rings. The van der Waals surface area contributed by atoms with Crippen molar-refractivity contribution in [2.24, 2.45) is 0 Å². The molecule has 3 rings (SSSR count). The average molecular weight is 319 g/mol. The molecule has 3 aromatic rings. The number of benzene rings is 2. The molecule has 2 aromatic carbocycles. The maximum atomic E-state index is 14.1. The zero-order valence-corrected chi connectivity index (χ0v) is 13.0. The van der Waals surface area contributed by atoms with E-state index in [2.05, 4.69) is 11.1 Å². The smallest absolute Gasteiger partial charge is 0.142 e. The summed E-state index contributed by atoms with van der Waals surface area (Å²) in [6, 6.07) is 17.3. The highest BCUT2D eigenvalue weighted by Gasteiger charge is 2.17. The highest BCUT2D eigenvalue weighted by atomic mass is 19.1. The molecular weight excluding hydrogens is 305 g/mol. The number of halogens is 1. The summed E-state index contributed by atoms with van der Waals surface area (Å²) in [6.07, 6.45) is 0. The second-order valence-electron chi connectivity index (χ2n) is 5.11.